The van der Waals surface area contributed by atoms with Crippen molar-refractivity contribution >= 4 is 5.91 Å². The van der Waals surface area contributed by atoms with Crippen molar-refractivity contribution in [1.29, 1.82) is 0 Å². The molecule has 1 rings (SSSR count). The van der Waals surface area contributed by atoms with E-state index in [-0.39, 0.29) is 17.9 Å². The zero-order valence-electron chi connectivity index (χ0n) is 9.17. The Bertz CT molecular complexity index is 308. The monoisotopic (exact) mass is 223 g/mol. The standard InChI is InChI=1S/C10H17N5O/c11-10(16)9(13-6-7-14-15-12)8-4-2-1-3-5-8/h1-2,8-9,13H,3-7H2,(H2,11,16). The second-order valence-electron chi connectivity index (χ2n) is 3.83. The van der Waals surface area contributed by atoms with E-state index in [1.165, 1.54) is 0 Å². The molecule has 0 fully saturated rings. The molecule has 1 aliphatic rings. The van der Waals surface area contributed by atoms with Gasteiger partial charge in [-0.05, 0) is 30.7 Å². The van der Waals surface area contributed by atoms with Gasteiger partial charge in [0, 0.05) is 18.0 Å². The number of nitrogens with one attached hydrogen (secondary N) is 1. The topological polar surface area (TPSA) is 104 Å². The maximum Gasteiger partial charge on any atom is 0.234 e. The van der Waals surface area contributed by atoms with Crippen LogP contribution in [0.3, 0.4) is 0 Å². The molecule has 0 aromatic heterocycles. The highest BCUT2D eigenvalue weighted by atomic mass is 16.1. The predicted molar refractivity (Wildman–Crippen MR) is 61.5 cm³/mol. The van der Waals surface area contributed by atoms with Crippen molar-refractivity contribution in [3.63, 3.8) is 0 Å². The van der Waals surface area contributed by atoms with Gasteiger partial charge in [0.1, 0.15) is 0 Å². The van der Waals surface area contributed by atoms with E-state index in [2.05, 4.69) is 27.5 Å². The van der Waals surface area contributed by atoms with Crippen LogP contribution in [0.15, 0.2) is 17.3 Å². The molecule has 2 unspecified atom stereocenters. The summed E-state index contributed by atoms with van der Waals surface area (Å²) in [6, 6.07) is -0.321. The average molecular weight is 223 g/mol. The number of allylic oxidation sites excluding steroid dienone is 2. The lowest BCUT2D eigenvalue weighted by atomic mass is 9.87. The summed E-state index contributed by atoms with van der Waals surface area (Å²) in [5.41, 5.74) is 13.5. The Morgan fingerprint density at radius 3 is 3.06 bits per heavy atom. The van der Waals surface area contributed by atoms with Crippen LogP contribution < -0.4 is 11.1 Å². The number of primary amides is 1. The normalized spacial score (nSPS) is 21.1. The minimum absolute atomic E-state index is 0.258. The summed E-state index contributed by atoms with van der Waals surface area (Å²) in [7, 11) is 0. The summed E-state index contributed by atoms with van der Waals surface area (Å²) in [6.45, 7) is 0.820. The summed E-state index contributed by atoms with van der Waals surface area (Å²) in [4.78, 5) is 13.9. The van der Waals surface area contributed by atoms with E-state index in [9.17, 15) is 4.79 Å². The van der Waals surface area contributed by atoms with Crippen molar-refractivity contribution in [2.24, 2.45) is 16.8 Å². The van der Waals surface area contributed by atoms with Gasteiger partial charge in [0.05, 0.1) is 6.04 Å². The fraction of sp³-hybridized carbons (Fsp3) is 0.700. The van der Waals surface area contributed by atoms with Crippen LogP contribution in [0.25, 0.3) is 10.4 Å². The average Bonchev–Trinajstić information content (AvgIpc) is 2.30. The number of hydrogen-bond donors (Lipinski definition) is 2. The van der Waals surface area contributed by atoms with Crippen LogP contribution >= 0.6 is 0 Å². The van der Waals surface area contributed by atoms with Crippen LogP contribution in [0.2, 0.25) is 0 Å². The first-order valence-corrected chi connectivity index (χ1v) is 5.44. The summed E-state index contributed by atoms with van der Waals surface area (Å²) in [5, 5.41) is 6.45. The van der Waals surface area contributed by atoms with Gasteiger partial charge in [-0.2, -0.15) is 0 Å². The molecule has 0 saturated carbocycles. The Morgan fingerprint density at radius 1 is 1.69 bits per heavy atom. The van der Waals surface area contributed by atoms with Gasteiger partial charge in [-0.3, -0.25) is 4.79 Å². The molecule has 0 aromatic carbocycles. The lowest BCUT2D eigenvalue weighted by Crippen LogP contribution is -2.47. The summed E-state index contributed by atoms with van der Waals surface area (Å²) in [5.74, 6) is -0.0743. The highest BCUT2D eigenvalue weighted by Gasteiger charge is 2.25. The second kappa shape index (κ2) is 6.87. The van der Waals surface area contributed by atoms with E-state index >= 15 is 0 Å². The number of nitrogens with two attached hydrogens (primary N) is 1. The van der Waals surface area contributed by atoms with E-state index in [1.54, 1.807) is 0 Å². The van der Waals surface area contributed by atoms with Crippen molar-refractivity contribution in [2.45, 2.75) is 25.3 Å². The summed E-state index contributed by atoms with van der Waals surface area (Å²) < 4.78 is 0. The van der Waals surface area contributed by atoms with Gasteiger partial charge >= 0.3 is 0 Å². The first-order chi connectivity index (χ1) is 7.75. The fourth-order valence-corrected chi connectivity index (χ4v) is 1.93. The first kappa shape index (κ1) is 12.5. The van der Waals surface area contributed by atoms with Crippen molar-refractivity contribution < 1.29 is 4.79 Å². The Morgan fingerprint density at radius 2 is 2.50 bits per heavy atom. The van der Waals surface area contributed by atoms with Crippen LogP contribution in [0.5, 0.6) is 0 Å². The number of carbonyl (C=O) groups excluding carboxylic acids is 1. The Labute approximate surface area is 94.5 Å². The van der Waals surface area contributed by atoms with Crippen LogP contribution in [-0.4, -0.2) is 25.0 Å². The third-order valence-electron chi connectivity index (χ3n) is 2.73. The summed E-state index contributed by atoms with van der Waals surface area (Å²) in [6.07, 6.45) is 7.04. The number of nitrogens with zero attached hydrogens (tertiary/aromatic N) is 3. The van der Waals surface area contributed by atoms with Crippen LogP contribution in [-0.2, 0) is 4.79 Å². The fourth-order valence-electron chi connectivity index (χ4n) is 1.93. The molecule has 2 atom stereocenters. The molecule has 0 aliphatic heterocycles. The molecular formula is C10H17N5O. The molecule has 6 nitrogen and oxygen atoms in total. The van der Waals surface area contributed by atoms with Crippen molar-refractivity contribution in [1.82, 2.24) is 5.32 Å². The van der Waals surface area contributed by atoms with Gasteiger partial charge in [0.25, 0.3) is 0 Å². The number of carbonyl (C=O) groups is 1. The maximum atomic E-state index is 11.3. The lowest BCUT2D eigenvalue weighted by molar-refractivity contribution is -0.121. The smallest absolute Gasteiger partial charge is 0.234 e. The molecular weight excluding hydrogens is 206 g/mol. The highest BCUT2D eigenvalue weighted by molar-refractivity contribution is 5.80. The van der Waals surface area contributed by atoms with Gasteiger partial charge in [0.15, 0.2) is 0 Å². The van der Waals surface area contributed by atoms with Crippen molar-refractivity contribution in [3.8, 4) is 0 Å². The largest absolute Gasteiger partial charge is 0.368 e. The van der Waals surface area contributed by atoms with Gasteiger partial charge in [0.2, 0.25) is 5.91 Å². The van der Waals surface area contributed by atoms with Gasteiger partial charge in [-0.15, -0.1) is 0 Å². The SMILES string of the molecule is [N-]=[N+]=NCCNC(C(N)=O)C1CC=CCC1. The van der Waals surface area contributed by atoms with E-state index in [0.29, 0.717) is 13.1 Å². The van der Waals surface area contributed by atoms with E-state index < -0.39 is 0 Å². The van der Waals surface area contributed by atoms with Crippen LogP contribution in [0.1, 0.15) is 19.3 Å². The van der Waals surface area contributed by atoms with Crippen LogP contribution in [0.4, 0.5) is 0 Å². The Hall–Kier alpha value is -1.52. The third kappa shape index (κ3) is 3.92. The van der Waals surface area contributed by atoms with Crippen LogP contribution in [0, 0.1) is 5.92 Å². The van der Waals surface area contributed by atoms with Crippen molar-refractivity contribution in [3.05, 3.63) is 22.6 Å². The molecule has 0 bridgehead atoms. The Balaban J connectivity index is 2.43. The Kier molecular flexibility index (Phi) is 5.39. The van der Waals surface area contributed by atoms with Gasteiger partial charge < -0.3 is 11.1 Å². The van der Waals surface area contributed by atoms with E-state index in [4.69, 9.17) is 11.3 Å². The molecule has 88 valence electrons. The molecule has 1 aliphatic carbocycles. The number of hydrogen-bond acceptors (Lipinski definition) is 3. The molecule has 0 radical (unpaired) electrons. The molecule has 16 heavy (non-hydrogen) atoms. The van der Waals surface area contributed by atoms with Crippen molar-refractivity contribution in [2.75, 3.05) is 13.1 Å². The zero-order valence-corrected chi connectivity index (χ0v) is 9.17. The molecule has 0 spiro atoms. The molecule has 1 amide bonds. The highest BCUT2D eigenvalue weighted by Crippen LogP contribution is 2.21. The summed E-state index contributed by atoms with van der Waals surface area (Å²) >= 11 is 0. The van der Waals surface area contributed by atoms with E-state index in [1.807, 2.05) is 0 Å². The zero-order chi connectivity index (χ0) is 11.8. The first-order valence-electron chi connectivity index (χ1n) is 5.44. The molecule has 0 heterocycles. The molecule has 3 N–H and O–H groups in total. The maximum absolute atomic E-state index is 11.3. The number of azide groups is 1. The molecule has 0 saturated heterocycles. The lowest BCUT2D eigenvalue weighted by Gasteiger charge is -2.26. The third-order valence-corrected chi connectivity index (χ3v) is 2.73. The second-order valence-corrected chi connectivity index (χ2v) is 3.83. The minimum atomic E-state index is -0.332. The van der Waals surface area contributed by atoms with Gasteiger partial charge in [-0.25, -0.2) is 0 Å². The molecule has 6 heteroatoms. The molecule has 0 aromatic rings. The number of rotatable bonds is 6. The van der Waals surface area contributed by atoms with E-state index in [0.717, 1.165) is 19.3 Å². The van der Waals surface area contributed by atoms with Gasteiger partial charge in [-0.1, -0.05) is 17.3 Å². The number of amides is 1. The minimum Gasteiger partial charge on any atom is -0.368 e. The quantitative estimate of drug-likeness (QED) is 0.231. The predicted octanol–water partition coefficient (Wildman–Crippen LogP) is 1.10.